The lowest BCUT2D eigenvalue weighted by Crippen LogP contribution is -2.48. The Morgan fingerprint density at radius 3 is 2.32 bits per heavy atom. The molecule has 0 fully saturated rings. The van der Waals surface area contributed by atoms with E-state index in [1.54, 1.807) is 24.3 Å². The molecule has 0 bridgehead atoms. The highest BCUT2D eigenvalue weighted by atomic mass is 16.2. The molecule has 1 heterocycles. The first-order valence-electron chi connectivity index (χ1n) is 5.88. The van der Waals surface area contributed by atoms with E-state index >= 15 is 0 Å². The molecular formula is C14H14N2O3. The minimum Gasteiger partial charge on any atom is -0.314 e. The van der Waals surface area contributed by atoms with Crippen LogP contribution in [0, 0.1) is 0 Å². The number of carbonyl (C=O) groups excluding carboxylic acids is 3. The minimum atomic E-state index is -0.662. The van der Waals surface area contributed by atoms with Crippen LogP contribution in [-0.2, 0) is 9.59 Å². The SMILES string of the molecule is CC(=O)C1=CNC(=O)N(C(C)=O)[C@H]1c1ccccc1. The van der Waals surface area contributed by atoms with Crippen LogP contribution in [0.5, 0.6) is 0 Å². The maximum Gasteiger partial charge on any atom is 0.328 e. The van der Waals surface area contributed by atoms with Crippen LogP contribution >= 0.6 is 0 Å². The maximum absolute atomic E-state index is 11.8. The van der Waals surface area contributed by atoms with Gasteiger partial charge in [-0.2, -0.15) is 0 Å². The second-order valence-electron chi connectivity index (χ2n) is 4.31. The number of nitrogens with zero attached hydrogens (tertiary/aromatic N) is 1. The van der Waals surface area contributed by atoms with Crippen molar-refractivity contribution in [2.45, 2.75) is 19.9 Å². The molecular weight excluding hydrogens is 244 g/mol. The molecule has 5 nitrogen and oxygen atoms in total. The maximum atomic E-state index is 11.8. The number of rotatable bonds is 2. The summed E-state index contributed by atoms with van der Waals surface area (Å²) in [4.78, 5) is 36.3. The zero-order valence-corrected chi connectivity index (χ0v) is 10.7. The molecule has 1 N–H and O–H groups in total. The van der Waals surface area contributed by atoms with Gasteiger partial charge in [-0.25, -0.2) is 4.79 Å². The Morgan fingerprint density at radius 1 is 1.16 bits per heavy atom. The zero-order valence-electron chi connectivity index (χ0n) is 10.7. The molecule has 0 radical (unpaired) electrons. The summed E-state index contributed by atoms with van der Waals surface area (Å²) in [7, 11) is 0. The first-order valence-corrected chi connectivity index (χ1v) is 5.88. The largest absolute Gasteiger partial charge is 0.328 e. The number of carbonyl (C=O) groups is 3. The van der Waals surface area contributed by atoms with Crippen LogP contribution in [0.15, 0.2) is 42.1 Å². The van der Waals surface area contributed by atoms with E-state index in [0.29, 0.717) is 5.57 Å². The van der Waals surface area contributed by atoms with Crippen molar-refractivity contribution in [2.75, 3.05) is 0 Å². The van der Waals surface area contributed by atoms with Crippen molar-refractivity contribution < 1.29 is 14.4 Å². The smallest absolute Gasteiger partial charge is 0.314 e. The van der Waals surface area contributed by atoms with Gasteiger partial charge in [-0.3, -0.25) is 14.5 Å². The molecule has 5 heteroatoms. The van der Waals surface area contributed by atoms with Gasteiger partial charge in [-0.05, 0) is 12.5 Å². The summed E-state index contributed by atoms with van der Waals surface area (Å²) in [5.41, 5.74) is 1.12. The fourth-order valence-electron chi connectivity index (χ4n) is 2.13. The van der Waals surface area contributed by atoms with E-state index in [0.717, 1.165) is 10.5 Å². The van der Waals surface area contributed by atoms with Crippen LogP contribution in [0.2, 0.25) is 0 Å². The zero-order chi connectivity index (χ0) is 14.0. The average Bonchev–Trinajstić information content (AvgIpc) is 2.38. The Morgan fingerprint density at radius 2 is 1.79 bits per heavy atom. The molecule has 0 spiro atoms. The molecule has 3 amide bonds. The number of Topliss-reactive ketones (excluding diaryl/α,β-unsaturated/α-hetero) is 1. The molecule has 1 atom stereocenters. The Labute approximate surface area is 110 Å². The number of urea groups is 1. The average molecular weight is 258 g/mol. The van der Waals surface area contributed by atoms with Gasteiger partial charge in [0, 0.05) is 18.7 Å². The number of imide groups is 1. The number of nitrogens with one attached hydrogen (secondary N) is 1. The van der Waals surface area contributed by atoms with Crippen LogP contribution in [0.25, 0.3) is 0 Å². The Hall–Kier alpha value is -2.43. The Balaban J connectivity index is 2.55. The number of ketones is 1. The first-order chi connectivity index (χ1) is 9.02. The minimum absolute atomic E-state index is 0.180. The van der Waals surface area contributed by atoms with Crippen molar-refractivity contribution in [2.24, 2.45) is 0 Å². The van der Waals surface area contributed by atoms with Crippen molar-refractivity contribution in [3.8, 4) is 0 Å². The summed E-state index contributed by atoms with van der Waals surface area (Å²) >= 11 is 0. The van der Waals surface area contributed by atoms with Crippen molar-refractivity contribution in [1.82, 2.24) is 10.2 Å². The second-order valence-corrected chi connectivity index (χ2v) is 4.31. The number of hydrogen-bond donors (Lipinski definition) is 1. The lowest BCUT2D eigenvalue weighted by molar-refractivity contribution is -0.127. The summed E-state index contributed by atoms with van der Waals surface area (Å²) in [5, 5.41) is 2.43. The van der Waals surface area contributed by atoms with Gasteiger partial charge < -0.3 is 5.32 Å². The lowest BCUT2D eigenvalue weighted by atomic mass is 9.94. The summed E-state index contributed by atoms with van der Waals surface area (Å²) < 4.78 is 0. The quantitative estimate of drug-likeness (QED) is 0.879. The van der Waals surface area contributed by atoms with Crippen molar-refractivity contribution in [3.63, 3.8) is 0 Å². The van der Waals surface area contributed by atoms with E-state index in [1.165, 1.54) is 20.0 Å². The van der Waals surface area contributed by atoms with Gasteiger partial charge >= 0.3 is 6.03 Å². The van der Waals surface area contributed by atoms with Crippen molar-refractivity contribution in [1.29, 1.82) is 0 Å². The number of hydrogen-bond acceptors (Lipinski definition) is 3. The van der Waals surface area contributed by atoms with E-state index in [1.807, 2.05) is 6.07 Å². The molecule has 1 aromatic rings. The van der Waals surface area contributed by atoms with E-state index in [-0.39, 0.29) is 5.78 Å². The van der Waals surface area contributed by atoms with E-state index in [9.17, 15) is 14.4 Å². The van der Waals surface area contributed by atoms with Crippen LogP contribution in [0.3, 0.4) is 0 Å². The Kier molecular flexibility index (Phi) is 3.46. The number of amides is 3. The van der Waals surface area contributed by atoms with Crippen LogP contribution in [-0.4, -0.2) is 22.6 Å². The molecule has 1 aliphatic heterocycles. The van der Waals surface area contributed by atoms with E-state index in [4.69, 9.17) is 0 Å². The van der Waals surface area contributed by atoms with Gasteiger partial charge in [0.15, 0.2) is 5.78 Å². The molecule has 2 rings (SSSR count). The molecule has 98 valence electrons. The molecule has 1 aliphatic rings. The molecule has 0 saturated heterocycles. The fourth-order valence-corrected chi connectivity index (χ4v) is 2.13. The summed E-state index contributed by atoms with van der Waals surface area (Å²) in [6.45, 7) is 2.72. The van der Waals surface area contributed by atoms with Gasteiger partial charge in [-0.1, -0.05) is 30.3 Å². The molecule has 0 aliphatic carbocycles. The fraction of sp³-hybridized carbons (Fsp3) is 0.214. The van der Waals surface area contributed by atoms with Gasteiger partial charge in [0.1, 0.15) is 0 Å². The van der Waals surface area contributed by atoms with Gasteiger partial charge in [0.25, 0.3) is 0 Å². The second kappa shape index (κ2) is 5.06. The standard InChI is InChI=1S/C14H14N2O3/c1-9(17)12-8-15-14(19)16(10(2)18)13(12)11-6-4-3-5-7-11/h3-8,13H,1-2H3,(H,15,19)/t13-/m0/s1. The number of benzene rings is 1. The predicted octanol–water partition coefficient (Wildman–Crippen LogP) is 1.77. The monoisotopic (exact) mass is 258 g/mol. The highest BCUT2D eigenvalue weighted by molar-refractivity contribution is 6.02. The first kappa shape index (κ1) is 13.0. The van der Waals surface area contributed by atoms with E-state index < -0.39 is 18.0 Å². The van der Waals surface area contributed by atoms with Crippen molar-refractivity contribution in [3.05, 3.63) is 47.7 Å². The molecule has 19 heavy (non-hydrogen) atoms. The summed E-state index contributed by atoms with van der Waals surface area (Å²) in [6.07, 6.45) is 1.38. The van der Waals surface area contributed by atoms with Gasteiger partial charge in [0.2, 0.25) is 5.91 Å². The van der Waals surface area contributed by atoms with Crippen molar-refractivity contribution >= 4 is 17.7 Å². The summed E-state index contributed by atoms with van der Waals surface area (Å²) in [6, 6.07) is 7.83. The molecule has 0 aromatic heterocycles. The van der Waals surface area contributed by atoms with Gasteiger partial charge in [-0.15, -0.1) is 0 Å². The van der Waals surface area contributed by atoms with E-state index in [2.05, 4.69) is 5.32 Å². The lowest BCUT2D eigenvalue weighted by Gasteiger charge is -2.33. The molecule has 1 aromatic carbocycles. The highest BCUT2D eigenvalue weighted by Gasteiger charge is 2.36. The topological polar surface area (TPSA) is 66.5 Å². The third-order valence-corrected chi connectivity index (χ3v) is 2.98. The normalized spacial score (nSPS) is 18.6. The van der Waals surface area contributed by atoms with Gasteiger partial charge in [0.05, 0.1) is 6.04 Å². The van der Waals surface area contributed by atoms with Crippen LogP contribution in [0.1, 0.15) is 25.5 Å². The predicted molar refractivity (Wildman–Crippen MR) is 69.0 cm³/mol. The Bertz CT molecular complexity index is 563. The highest BCUT2D eigenvalue weighted by Crippen LogP contribution is 2.31. The molecule has 0 saturated carbocycles. The third kappa shape index (κ3) is 2.40. The van der Waals surface area contributed by atoms with Crippen LogP contribution in [0.4, 0.5) is 4.79 Å². The summed E-state index contributed by atoms with van der Waals surface area (Å²) in [5.74, 6) is -0.585. The molecule has 0 unspecified atom stereocenters. The third-order valence-electron chi connectivity index (χ3n) is 2.98. The van der Waals surface area contributed by atoms with Crippen LogP contribution < -0.4 is 5.32 Å².